The van der Waals surface area contributed by atoms with Crippen molar-refractivity contribution in [2.75, 3.05) is 13.2 Å². The van der Waals surface area contributed by atoms with Crippen molar-refractivity contribution in [3.8, 4) is 0 Å². The summed E-state index contributed by atoms with van der Waals surface area (Å²) >= 11 is 0. The summed E-state index contributed by atoms with van der Waals surface area (Å²) in [5.74, 6) is -0.441. The fraction of sp³-hybridized carbons (Fsp3) is 0.500. The Morgan fingerprint density at radius 2 is 1.84 bits per heavy atom. The number of nitrogens with zero attached hydrogens (tertiary/aromatic N) is 3. The molecule has 1 aromatic carbocycles. The van der Waals surface area contributed by atoms with Crippen LogP contribution >= 0.6 is 0 Å². The molecule has 25 heavy (non-hydrogen) atoms. The van der Waals surface area contributed by atoms with Crippen LogP contribution in [-0.2, 0) is 16.0 Å². The molecule has 2 aromatic rings. The number of hydrogen-bond acceptors (Lipinski definition) is 5. The summed E-state index contributed by atoms with van der Waals surface area (Å²) in [6.45, 7) is 6.96. The van der Waals surface area contributed by atoms with E-state index >= 15 is 0 Å². The molecule has 2 rings (SSSR count). The van der Waals surface area contributed by atoms with E-state index < -0.39 is 17.2 Å². The van der Waals surface area contributed by atoms with Crippen LogP contribution in [0.1, 0.15) is 43.6 Å². The van der Waals surface area contributed by atoms with E-state index in [1.54, 1.807) is 37.0 Å². The lowest BCUT2D eigenvalue weighted by atomic mass is 10.1. The minimum Gasteiger partial charge on any atom is -0.459 e. The van der Waals surface area contributed by atoms with Crippen LogP contribution in [0, 0.1) is 0 Å². The van der Waals surface area contributed by atoms with Gasteiger partial charge >= 0.3 is 5.97 Å². The lowest BCUT2D eigenvalue weighted by Gasteiger charge is -2.27. The molecule has 0 atom stereocenters. The highest BCUT2D eigenvalue weighted by atomic mass is 19.1. The Balaban J connectivity index is 1.86. The van der Waals surface area contributed by atoms with Gasteiger partial charge in [0.15, 0.2) is 0 Å². The summed E-state index contributed by atoms with van der Waals surface area (Å²) in [7, 11) is 0. The second kappa shape index (κ2) is 7.74. The molecule has 0 bridgehead atoms. The van der Waals surface area contributed by atoms with Gasteiger partial charge in [-0.3, -0.25) is 0 Å². The van der Waals surface area contributed by atoms with Crippen molar-refractivity contribution in [1.82, 2.24) is 14.8 Å². The molecule has 0 unspecified atom stereocenters. The van der Waals surface area contributed by atoms with E-state index in [4.69, 9.17) is 9.47 Å². The Morgan fingerprint density at radius 1 is 1.16 bits per heavy atom. The predicted octanol–water partition coefficient (Wildman–Crippen LogP) is 3.03. The first-order chi connectivity index (χ1) is 11.6. The van der Waals surface area contributed by atoms with Gasteiger partial charge in [0.05, 0.1) is 24.3 Å². The smallest absolute Gasteiger partial charge is 0.338 e. The second-order valence-corrected chi connectivity index (χ2v) is 7.13. The molecule has 0 spiro atoms. The number of carbonyl (C=O) groups excluding carboxylic acids is 1. The Morgan fingerprint density at radius 3 is 2.40 bits per heavy atom. The lowest BCUT2D eigenvalue weighted by molar-refractivity contribution is -0.0918. The fourth-order valence-electron chi connectivity index (χ4n) is 1.98. The molecule has 0 saturated heterocycles. The van der Waals surface area contributed by atoms with Gasteiger partial charge in [-0.1, -0.05) is 12.1 Å². The number of alkyl halides is 1. The van der Waals surface area contributed by atoms with Gasteiger partial charge in [0, 0.05) is 0 Å². The Labute approximate surface area is 147 Å². The average Bonchev–Trinajstić information content (AvgIpc) is 3.04. The largest absolute Gasteiger partial charge is 0.459 e. The number of rotatable bonds is 8. The molecule has 0 aliphatic carbocycles. The van der Waals surface area contributed by atoms with E-state index in [1.165, 1.54) is 20.2 Å². The van der Waals surface area contributed by atoms with Gasteiger partial charge in [0.2, 0.25) is 0 Å². The number of benzene rings is 1. The van der Waals surface area contributed by atoms with E-state index in [0.717, 1.165) is 5.56 Å². The molecule has 1 heterocycles. The van der Waals surface area contributed by atoms with Gasteiger partial charge in [-0.25, -0.2) is 18.9 Å². The first-order valence-corrected chi connectivity index (χ1v) is 8.06. The van der Waals surface area contributed by atoms with Gasteiger partial charge < -0.3 is 9.47 Å². The number of esters is 1. The van der Waals surface area contributed by atoms with Gasteiger partial charge in [0.25, 0.3) is 0 Å². The maximum Gasteiger partial charge on any atom is 0.338 e. The van der Waals surface area contributed by atoms with Crippen LogP contribution in [0.4, 0.5) is 4.39 Å². The van der Waals surface area contributed by atoms with Crippen LogP contribution in [0.15, 0.2) is 36.9 Å². The second-order valence-electron chi connectivity index (χ2n) is 7.13. The van der Waals surface area contributed by atoms with Crippen LogP contribution < -0.4 is 0 Å². The highest BCUT2D eigenvalue weighted by molar-refractivity contribution is 5.89. The topological polar surface area (TPSA) is 66.2 Å². The van der Waals surface area contributed by atoms with Gasteiger partial charge in [-0.15, -0.1) is 0 Å². The molecular weight excluding hydrogens is 325 g/mol. The van der Waals surface area contributed by atoms with Crippen molar-refractivity contribution in [3.63, 3.8) is 0 Å². The molecule has 7 heteroatoms. The number of carbonyl (C=O) groups is 1. The van der Waals surface area contributed by atoms with Crippen molar-refractivity contribution in [2.24, 2.45) is 0 Å². The molecule has 6 nitrogen and oxygen atoms in total. The normalized spacial score (nSPS) is 12.2. The van der Waals surface area contributed by atoms with E-state index in [9.17, 15) is 9.18 Å². The highest BCUT2D eigenvalue weighted by Gasteiger charge is 2.26. The standard InChI is InChI=1S/C18H24FN3O3/c1-17(2,19)10-25-18(3,4)11-24-16(23)15-7-5-14(6-8-15)9-22-13-20-12-21-22/h5-8,12-13H,9-11H2,1-4H3. The van der Waals surface area contributed by atoms with Crippen LogP contribution in [0.2, 0.25) is 0 Å². The number of ether oxygens (including phenoxy) is 2. The Bertz CT molecular complexity index is 677. The molecule has 0 amide bonds. The zero-order chi connectivity index (χ0) is 18.5. The van der Waals surface area contributed by atoms with E-state index in [2.05, 4.69) is 10.1 Å². The summed E-state index contributed by atoms with van der Waals surface area (Å²) in [5.41, 5.74) is -0.743. The molecule has 0 radical (unpaired) electrons. The highest BCUT2D eigenvalue weighted by Crippen LogP contribution is 2.17. The van der Waals surface area contributed by atoms with Gasteiger partial charge in [-0.05, 0) is 45.4 Å². The molecule has 136 valence electrons. The van der Waals surface area contributed by atoms with Crippen LogP contribution in [0.25, 0.3) is 0 Å². The SMILES string of the molecule is CC(C)(F)COC(C)(C)COC(=O)c1ccc(Cn2cncn2)cc1. The maximum atomic E-state index is 13.5. The molecule has 0 aliphatic rings. The first-order valence-electron chi connectivity index (χ1n) is 8.06. The van der Waals surface area contributed by atoms with Gasteiger partial charge in [0.1, 0.15) is 24.9 Å². The van der Waals surface area contributed by atoms with Gasteiger partial charge in [-0.2, -0.15) is 5.10 Å². The minimum absolute atomic E-state index is 0.0443. The Kier molecular flexibility index (Phi) is 5.89. The van der Waals surface area contributed by atoms with Crippen molar-refractivity contribution < 1.29 is 18.7 Å². The number of aromatic nitrogens is 3. The molecule has 0 aliphatic heterocycles. The quantitative estimate of drug-likeness (QED) is 0.685. The number of hydrogen-bond donors (Lipinski definition) is 0. The predicted molar refractivity (Wildman–Crippen MR) is 91.1 cm³/mol. The van der Waals surface area contributed by atoms with Crippen molar-refractivity contribution in [3.05, 3.63) is 48.0 Å². The zero-order valence-electron chi connectivity index (χ0n) is 15.0. The fourth-order valence-corrected chi connectivity index (χ4v) is 1.98. The van der Waals surface area contributed by atoms with Crippen LogP contribution in [0.3, 0.4) is 0 Å². The third-order valence-electron chi connectivity index (χ3n) is 3.36. The minimum atomic E-state index is -1.43. The Hall–Kier alpha value is -2.28. The summed E-state index contributed by atoms with van der Waals surface area (Å²) < 4.78 is 26.0. The zero-order valence-corrected chi connectivity index (χ0v) is 15.0. The molecular formula is C18H24FN3O3. The first kappa shape index (κ1) is 19.1. The van der Waals surface area contributed by atoms with Crippen molar-refractivity contribution in [1.29, 1.82) is 0 Å². The summed E-state index contributed by atoms with van der Waals surface area (Å²) in [5, 5.41) is 4.03. The summed E-state index contributed by atoms with van der Waals surface area (Å²) in [6, 6.07) is 7.08. The number of halogens is 1. The van der Waals surface area contributed by atoms with Crippen LogP contribution in [-0.4, -0.2) is 45.2 Å². The molecule has 0 N–H and O–H groups in total. The van der Waals surface area contributed by atoms with Crippen molar-refractivity contribution >= 4 is 5.97 Å². The van der Waals surface area contributed by atoms with E-state index in [0.29, 0.717) is 12.1 Å². The average molecular weight is 349 g/mol. The third kappa shape index (κ3) is 6.62. The van der Waals surface area contributed by atoms with Crippen LogP contribution in [0.5, 0.6) is 0 Å². The third-order valence-corrected chi connectivity index (χ3v) is 3.36. The summed E-state index contributed by atoms with van der Waals surface area (Å²) in [4.78, 5) is 16.0. The van der Waals surface area contributed by atoms with E-state index in [1.807, 2.05) is 12.1 Å². The molecule has 0 fully saturated rings. The molecule has 1 aromatic heterocycles. The molecule has 0 saturated carbocycles. The maximum absolute atomic E-state index is 13.5. The van der Waals surface area contributed by atoms with Crippen molar-refractivity contribution in [2.45, 2.75) is 45.5 Å². The van der Waals surface area contributed by atoms with E-state index in [-0.39, 0.29) is 13.2 Å². The monoisotopic (exact) mass is 349 g/mol. The lowest BCUT2D eigenvalue weighted by Crippen LogP contribution is -2.36. The summed E-state index contributed by atoms with van der Waals surface area (Å²) in [6.07, 6.45) is 3.10.